The summed E-state index contributed by atoms with van der Waals surface area (Å²) in [7, 11) is 0. The summed E-state index contributed by atoms with van der Waals surface area (Å²) in [6, 6.07) is 11.9. The molecular weight excluding hydrogens is 258 g/mol. The molecular formula is C19H27NO. The van der Waals surface area contributed by atoms with Crippen LogP contribution in [0.3, 0.4) is 0 Å². The molecule has 2 unspecified atom stereocenters. The van der Waals surface area contributed by atoms with E-state index >= 15 is 0 Å². The third kappa shape index (κ3) is 3.22. The van der Waals surface area contributed by atoms with E-state index in [1.165, 1.54) is 24.8 Å². The van der Waals surface area contributed by atoms with Crippen molar-refractivity contribution in [2.45, 2.75) is 51.7 Å². The van der Waals surface area contributed by atoms with Gasteiger partial charge in [-0.15, -0.1) is 0 Å². The average molecular weight is 285 g/mol. The molecule has 2 heteroatoms. The van der Waals surface area contributed by atoms with Crippen molar-refractivity contribution < 1.29 is 4.74 Å². The Hall–Kier alpha value is -1.12. The van der Waals surface area contributed by atoms with Gasteiger partial charge in [-0.3, -0.25) is 4.90 Å². The van der Waals surface area contributed by atoms with E-state index in [1.54, 1.807) is 5.57 Å². The van der Waals surface area contributed by atoms with Gasteiger partial charge in [0.15, 0.2) is 0 Å². The molecule has 1 aromatic carbocycles. The molecule has 2 aliphatic heterocycles. The van der Waals surface area contributed by atoms with Crippen molar-refractivity contribution in [3.63, 3.8) is 0 Å². The lowest BCUT2D eigenvalue weighted by atomic mass is 9.83. The highest BCUT2D eigenvalue weighted by atomic mass is 16.5. The van der Waals surface area contributed by atoms with E-state index in [2.05, 4.69) is 55.2 Å². The molecule has 0 aromatic heterocycles. The predicted octanol–water partition coefficient (Wildman–Crippen LogP) is 4.02. The SMILES string of the molecule is CCC(CC)C1=CC2COCC(C1)N2Cc1ccccc1. The van der Waals surface area contributed by atoms with Crippen molar-refractivity contribution in [3.05, 3.63) is 47.5 Å². The van der Waals surface area contributed by atoms with Crippen molar-refractivity contribution >= 4 is 0 Å². The summed E-state index contributed by atoms with van der Waals surface area (Å²) in [5.74, 6) is 0.770. The fourth-order valence-corrected chi connectivity index (χ4v) is 3.85. The number of ether oxygens (including phenoxy) is 1. The first-order valence-corrected chi connectivity index (χ1v) is 8.39. The lowest BCUT2D eigenvalue weighted by Gasteiger charge is -2.45. The van der Waals surface area contributed by atoms with Gasteiger partial charge in [0.25, 0.3) is 0 Å². The summed E-state index contributed by atoms with van der Waals surface area (Å²) >= 11 is 0. The van der Waals surface area contributed by atoms with E-state index < -0.39 is 0 Å². The summed E-state index contributed by atoms with van der Waals surface area (Å²) in [5, 5.41) is 0. The molecule has 2 atom stereocenters. The Morgan fingerprint density at radius 3 is 2.57 bits per heavy atom. The Morgan fingerprint density at radius 2 is 1.90 bits per heavy atom. The number of benzene rings is 1. The maximum Gasteiger partial charge on any atom is 0.0658 e. The third-order valence-corrected chi connectivity index (χ3v) is 5.09. The highest BCUT2D eigenvalue weighted by Crippen LogP contribution is 2.34. The molecule has 1 fully saturated rings. The lowest BCUT2D eigenvalue weighted by Crippen LogP contribution is -2.53. The number of fused-ring (bicyclic) bond motifs is 2. The Kier molecular flexibility index (Phi) is 4.77. The van der Waals surface area contributed by atoms with Gasteiger partial charge < -0.3 is 4.74 Å². The van der Waals surface area contributed by atoms with Crippen LogP contribution >= 0.6 is 0 Å². The van der Waals surface area contributed by atoms with Crippen LogP contribution in [0.15, 0.2) is 42.0 Å². The molecule has 0 amide bonds. The predicted molar refractivity (Wildman–Crippen MR) is 87.2 cm³/mol. The van der Waals surface area contributed by atoms with Crippen LogP contribution in [-0.4, -0.2) is 30.2 Å². The molecule has 0 N–H and O–H groups in total. The van der Waals surface area contributed by atoms with E-state index in [9.17, 15) is 0 Å². The zero-order chi connectivity index (χ0) is 14.7. The molecule has 114 valence electrons. The largest absolute Gasteiger partial charge is 0.378 e. The van der Waals surface area contributed by atoms with Crippen molar-refractivity contribution in [1.82, 2.24) is 4.90 Å². The second-order valence-corrected chi connectivity index (χ2v) is 6.38. The Bertz CT molecular complexity index is 478. The zero-order valence-corrected chi connectivity index (χ0v) is 13.3. The molecule has 2 nitrogen and oxygen atoms in total. The first-order valence-electron chi connectivity index (χ1n) is 8.39. The minimum absolute atomic E-state index is 0.466. The van der Waals surface area contributed by atoms with Gasteiger partial charge in [-0.25, -0.2) is 0 Å². The van der Waals surface area contributed by atoms with Gasteiger partial charge in [-0.2, -0.15) is 0 Å². The van der Waals surface area contributed by atoms with Crippen LogP contribution in [0.25, 0.3) is 0 Å². The van der Waals surface area contributed by atoms with Gasteiger partial charge in [-0.05, 0) is 30.7 Å². The zero-order valence-electron chi connectivity index (χ0n) is 13.3. The maximum atomic E-state index is 5.81. The summed E-state index contributed by atoms with van der Waals surface area (Å²) in [5.41, 5.74) is 3.09. The Morgan fingerprint density at radius 1 is 1.14 bits per heavy atom. The van der Waals surface area contributed by atoms with Crippen LogP contribution in [0.1, 0.15) is 38.7 Å². The van der Waals surface area contributed by atoms with Crippen LogP contribution in [0.2, 0.25) is 0 Å². The van der Waals surface area contributed by atoms with Crippen molar-refractivity contribution in [1.29, 1.82) is 0 Å². The van der Waals surface area contributed by atoms with Gasteiger partial charge in [0.05, 0.1) is 19.3 Å². The minimum atomic E-state index is 0.466. The maximum absolute atomic E-state index is 5.81. The van der Waals surface area contributed by atoms with Crippen molar-refractivity contribution in [2.24, 2.45) is 5.92 Å². The van der Waals surface area contributed by atoms with Crippen LogP contribution in [0, 0.1) is 5.92 Å². The summed E-state index contributed by atoms with van der Waals surface area (Å²) in [6.45, 7) is 7.43. The van der Waals surface area contributed by atoms with Gasteiger partial charge in [0.1, 0.15) is 0 Å². The summed E-state index contributed by atoms with van der Waals surface area (Å²) in [4.78, 5) is 2.64. The van der Waals surface area contributed by atoms with E-state index in [0.717, 1.165) is 25.7 Å². The van der Waals surface area contributed by atoms with Crippen LogP contribution in [-0.2, 0) is 11.3 Å². The second kappa shape index (κ2) is 6.76. The molecule has 0 spiro atoms. The number of morpholine rings is 1. The fourth-order valence-electron chi connectivity index (χ4n) is 3.85. The Balaban J connectivity index is 1.78. The van der Waals surface area contributed by atoms with Crippen LogP contribution in [0.5, 0.6) is 0 Å². The van der Waals surface area contributed by atoms with E-state index in [-0.39, 0.29) is 0 Å². The van der Waals surface area contributed by atoms with Crippen LogP contribution in [0.4, 0.5) is 0 Å². The third-order valence-electron chi connectivity index (χ3n) is 5.09. The van der Waals surface area contributed by atoms with Gasteiger partial charge in [-0.1, -0.05) is 55.8 Å². The second-order valence-electron chi connectivity index (χ2n) is 6.38. The molecule has 2 heterocycles. The first kappa shape index (κ1) is 14.8. The first-order chi connectivity index (χ1) is 10.3. The molecule has 1 aromatic rings. The van der Waals surface area contributed by atoms with E-state index in [0.29, 0.717) is 12.1 Å². The number of rotatable bonds is 5. The molecule has 2 aliphatic rings. The molecule has 21 heavy (non-hydrogen) atoms. The molecule has 0 radical (unpaired) electrons. The summed E-state index contributed by atoms with van der Waals surface area (Å²) < 4.78 is 5.81. The molecule has 0 aliphatic carbocycles. The van der Waals surface area contributed by atoms with Gasteiger partial charge in [0, 0.05) is 12.6 Å². The van der Waals surface area contributed by atoms with Gasteiger partial charge >= 0.3 is 0 Å². The van der Waals surface area contributed by atoms with E-state index in [1.807, 2.05) is 0 Å². The normalized spacial score (nSPS) is 26.0. The molecule has 3 rings (SSSR count). The topological polar surface area (TPSA) is 12.5 Å². The lowest BCUT2D eigenvalue weighted by molar-refractivity contribution is -0.0452. The smallest absolute Gasteiger partial charge is 0.0658 e. The quantitative estimate of drug-likeness (QED) is 0.758. The fraction of sp³-hybridized carbons (Fsp3) is 0.579. The van der Waals surface area contributed by atoms with Crippen molar-refractivity contribution in [3.8, 4) is 0 Å². The highest BCUT2D eigenvalue weighted by molar-refractivity contribution is 5.21. The molecule has 2 bridgehead atoms. The van der Waals surface area contributed by atoms with E-state index in [4.69, 9.17) is 4.74 Å². The minimum Gasteiger partial charge on any atom is -0.378 e. The van der Waals surface area contributed by atoms with Gasteiger partial charge in [0.2, 0.25) is 0 Å². The average Bonchev–Trinajstić information content (AvgIpc) is 2.50. The standard InChI is InChI=1S/C19H27NO/c1-3-16(4-2)17-10-18-13-21-14-19(11-17)20(18)12-15-8-6-5-7-9-15/h5-10,16,18-19H,3-4,11-14H2,1-2H3. The number of nitrogens with zero attached hydrogens (tertiary/aromatic N) is 1. The van der Waals surface area contributed by atoms with Crippen molar-refractivity contribution in [2.75, 3.05) is 13.2 Å². The molecule has 1 saturated heterocycles. The highest BCUT2D eigenvalue weighted by Gasteiger charge is 2.35. The monoisotopic (exact) mass is 285 g/mol. The van der Waals surface area contributed by atoms with Crippen LogP contribution < -0.4 is 0 Å². The number of hydrogen-bond acceptors (Lipinski definition) is 2. The summed E-state index contributed by atoms with van der Waals surface area (Å²) in [6.07, 6.45) is 6.23. The molecule has 0 saturated carbocycles. The number of hydrogen-bond donors (Lipinski definition) is 0. The Labute approximate surface area is 128 Å².